The van der Waals surface area contributed by atoms with E-state index in [2.05, 4.69) is 15.9 Å². The van der Waals surface area contributed by atoms with Gasteiger partial charge in [0.25, 0.3) is 0 Å². The number of rotatable bonds is 3. The van der Waals surface area contributed by atoms with Gasteiger partial charge in [-0.25, -0.2) is 8.78 Å². The third-order valence-corrected chi connectivity index (χ3v) is 2.34. The van der Waals surface area contributed by atoms with Crippen molar-refractivity contribution in [2.75, 3.05) is 0 Å². The minimum atomic E-state index is -0.458. The Balaban J connectivity index is 2.92. The van der Waals surface area contributed by atoms with Crippen LogP contribution in [0, 0.1) is 11.6 Å². The highest BCUT2D eigenvalue weighted by Crippen LogP contribution is 2.20. The first-order valence-corrected chi connectivity index (χ1v) is 5.08. The van der Waals surface area contributed by atoms with Crippen LogP contribution in [0.4, 0.5) is 8.78 Å². The summed E-state index contributed by atoms with van der Waals surface area (Å²) in [5.74, 6) is -0.916. The van der Waals surface area contributed by atoms with E-state index in [0.717, 1.165) is 12.8 Å². The molecule has 0 bridgehead atoms. The lowest BCUT2D eigenvalue weighted by Crippen LogP contribution is -1.95. The Kier molecular flexibility index (Phi) is 3.85. The quantitative estimate of drug-likeness (QED) is 0.757. The Morgan fingerprint density at radius 3 is 2.23 bits per heavy atom. The fourth-order valence-corrected chi connectivity index (χ4v) is 1.57. The molecule has 0 amide bonds. The van der Waals surface area contributed by atoms with Gasteiger partial charge in [0.2, 0.25) is 0 Å². The first kappa shape index (κ1) is 10.6. The molecule has 0 N–H and O–H groups in total. The van der Waals surface area contributed by atoms with Crippen molar-refractivity contribution in [1.29, 1.82) is 0 Å². The Morgan fingerprint density at radius 2 is 1.77 bits per heavy atom. The molecule has 0 aromatic heterocycles. The molecule has 0 nitrogen and oxygen atoms in total. The van der Waals surface area contributed by atoms with Crippen molar-refractivity contribution < 1.29 is 8.78 Å². The molecular weight excluding hydrogens is 238 g/mol. The van der Waals surface area contributed by atoms with E-state index in [4.69, 9.17) is 0 Å². The molecule has 1 aromatic rings. The molecule has 1 rings (SSSR count). The number of benzene rings is 1. The third kappa shape index (κ3) is 2.76. The summed E-state index contributed by atoms with van der Waals surface area (Å²) < 4.78 is 26.8. The zero-order valence-electron chi connectivity index (χ0n) is 7.41. The van der Waals surface area contributed by atoms with Crippen LogP contribution in [0.5, 0.6) is 0 Å². The minimum absolute atomic E-state index is 0.199. The minimum Gasteiger partial charge on any atom is -0.207 e. The zero-order valence-corrected chi connectivity index (χ0v) is 9.00. The summed E-state index contributed by atoms with van der Waals surface area (Å²) in [5, 5.41) is 0. The Morgan fingerprint density at radius 1 is 1.23 bits per heavy atom. The van der Waals surface area contributed by atoms with Crippen molar-refractivity contribution in [3.63, 3.8) is 0 Å². The van der Waals surface area contributed by atoms with Crippen LogP contribution in [-0.4, -0.2) is 0 Å². The van der Waals surface area contributed by atoms with Gasteiger partial charge in [-0.3, -0.25) is 0 Å². The monoisotopic (exact) mass is 248 g/mol. The highest BCUT2D eigenvalue weighted by molar-refractivity contribution is 9.10. The molecule has 0 heterocycles. The van der Waals surface area contributed by atoms with Gasteiger partial charge in [0.05, 0.1) is 0 Å². The van der Waals surface area contributed by atoms with E-state index < -0.39 is 11.6 Å². The smallest absolute Gasteiger partial charge is 0.130 e. The van der Waals surface area contributed by atoms with Gasteiger partial charge in [0.15, 0.2) is 0 Å². The summed E-state index contributed by atoms with van der Waals surface area (Å²) in [6.07, 6.45) is 2.23. The predicted molar refractivity (Wildman–Crippen MR) is 52.7 cm³/mol. The lowest BCUT2D eigenvalue weighted by atomic mass is 10.1. The van der Waals surface area contributed by atoms with E-state index in [9.17, 15) is 8.78 Å². The van der Waals surface area contributed by atoms with Crippen molar-refractivity contribution in [3.05, 3.63) is 33.8 Å². The van der Waals surface area contributed by atoms with Gasteiger partial charge in [-0.15, -0.1) is 0 Å². The summed E-state index contributed by atoms with van der Waals surface area (Å²) in [6.45, 7) is 1.99. The average molecular weight is 249 g/mol. The molecular formula is C10H11BrF2. The SMILES string of the molecule is CCCCc1c(F)cc(Br)cc1F. The first-order chi connectivity index (χ1) is 6.15. The molecule has 0 aliphatic heterocycles. The van der Waals surface area contributed by atoms with Gasteiger partial charge < -0.3 is 0 Å². The summed E-state index contributed by atoms with van der Waals surface area (Å²) in [5.41, 5.74) is 0.199. The lowest BCUT2D eigenvalue weighted by molar-refractivity contribution is 0.547. The molecule has 0 fully saturated rings. The summed E-state index contributed by atoms with van der Waals surface area (Å²) >= 11 is 3.04. The van der Waals surface area contributed by atoms with Gasteiger partial charge in [-0.2, -0.15) is 0 Å². The van der Waals surface area contributed by atoms with Crippen LogP contribution in [-0.2, 0) is 6.42 Å². The maximum absolute atomic E-state index is 13.2. The van der Waals surface area contributed by atoms with E-state index in [1.807, 2.05) is 6.92 Å². The van der Waals surface area contributed by atoms with Gasteiger partial charge in [0, 0.05) is 10.0 Å². The zero-order chi connectivity index (χ0) is 9.84. The fraction of sp³-hybridized carbons (Fsp3) is 0.400. The molecule has 0 spiro atoms. The second-order valence-electron chi connectivity index (χ2n) is 2.95. The first-order valence-electron chi connectivity index (χ1n) is 4.28. The van der Waals surface area contributed by atoms with Crippen molar-refractivity contribution in [1.82, 2.24) is 0 Å². The number of unbranched alkanes of at least 4 members (excludes halogenated alkanes) is 1. The molecule has 72 valence electrons. The average Bonchev–Trinajstić information content (AvgIpc) is 2.02. The Labute approximate surface area is 85.1 Å². The Hall–Kier alpha value is -0.440. The topological polar surface area (TPSA) is 0 Å². The van der Waals surface area contributed by atoms with E-state index in [1.165, 1.54) is 12.1 Å². The number of hydrogen-bond donors (Lipinski definition) is 0. The molecule has 1 aromatic carbocycles. The van der Waals surface area contributed by atoms with Crippen molar-refractivity contribution in [2.45, 2.75) is 26.2 Å². The second kappa shape index (κ2) is 4.70. The van der Waals surface area contributed by atoms with Gasteiger partial charge in [-0.1, -0.05) is 29.3 Å². The number of hydrogen-bond acceptors (Lipinski definition) is 0. The standard InChI is InChI=1S/C10H11BrF2/c1-2-3-4-8-9(12)5-7(11)6-10(8)13/h5-6H,2-4H2,1H3. The van der Waals surface area contributed by atoms with Crippen molar-refractivity contribution in [2.24, 2.45) is 0 Å². The molecule has 0 atom stereocenters. The molecule has 0 unspecified atom stereocenters. The second-order valence-corrected chi connectivity index (χ2v) is 3.87. The van der Waals surface area contributed by atoms with Crippen LogP contribution in [0.3, 0.4) is 0 Å². The van der Waals surface area contributed by atoms with Crippen LogP contribution in [0.1, 0.15) is 25.3 Å². The van der Waals surface area contributed by atoms with E-state index in [-0.39, 0.29) is 5.56 Å². The summed E-state index contributed by atoms with van der Waals surface area (Å²) in [7, 11) is 0. The molecule has 0 radical (unpaired) electrons. The highest BCUT2D eigenvalue weighted by Gasteiger charge is 2.09. The van der Waals surface area contributed by atoms with E-state index in [1.54, 1.807) is 0 Å². The highest BCUT2D eigenvalue weighted by atomic mass is 79.9. The maximum Gasteiger partial charge on any atom is 0.130 e. The normalized spacial score (nSPS) is 10.5. The van der Waals surface area contributed by atoms with E-state index >= 15 is 0 Å². The predicted octanol–water partition coefficient (Wildman–Crippen LogP) is 4.07. The van der Waals surface area contributed by atoms with Crippen LogP contribution in [0.15, 0.2) is 16.6 Å². The van der Waals surface area contributed by atoms with Gasteiger partial charge >= 0.3 is 0 Å². The largest absolute Gasteiger partial charge is 0.207 e. The lowest BCUT2D eigenvalue weighted by Gasteiger charge is -2.04. The van der Waals surface area contributed by atoms with Crippen molar-refractivity contribution >= 4 is 15.9 Å². The molecule has 0 saturated heterocycles. The number of halogens is 3. The molecule has 0 aliphatic rings. The molecule has 13 heavy (non-hydrogen) atoms. The summed E-state index contributed by atoms with van der Waals surface area (Å²) in [6, 6.07) is 2.60. The van der Waals surface area contributed by atoms with Crippen molar-refractivity contribution in [3.8, 4) is 0 Å². The van der Waals surface area contributed by atoms with Crippen LogP contribution >= 0.6 is 15.9 Å². The molecule has 0 aliphatic carbocycles. The van der Waals surface area contributed by atoms with Crippen LogP contribution in [0.2, 0.25) is 0 Å². The van der Waals surface area contributed by atoms with E-state index in [0.29, 0.717) is 10.9 Å². The maximum atomic E-state index is 13.2. The van der Waals surface area contributed by atoms with Gasteiger partial charge in [0.1, 0.15) is 11.6 Å². The van der Waals surface area contributed by atoms with Gasteiger partial charge in [-0.05, 0) is 25.0 Å². The molecule has 0 saturated carbocycles. The Bertz CT molecular complexity index is 274. The fourth-order valence-electron chi connectivity index (χ4n) is 1.16. The third-order valence-electron chi connectivity index (χ3n) is 1.89. The summed E-state index contributed by atoms with van der Waals surface area (Å²) in [4.78, 5) is 0. The molecule has 3 heteroatoms. The van der Waals surface area contributed by atoms with Crippen LogP contribution < -0.4 is 0 Å². The van der Waals surface area contributed by atoms with Crippen LogP contribution in [0.25, 0.3) is 0 Å².